The molecule has 10 rings (SSSR count). The van der Waals surface area contributed by atoms with Gasteiger partial charge in [-0.25, -0.2) is 0 Å². The molecule has 2 nitrogen and oxygen atoms in total. The van der Waals surface area contributed by atoms with Gasteiger partial charge in [0.05, 0.1) is 27.8 Å². The molecule has 8 aromatic carbocycles. The predicted octanol–water partition coefficient (Wildman–Crippen LogP) is 12.9. The summed E-state index contributed by atoms with van der Waals surface area (Å²) in [6.45, 7) is 0. The summed E-state index contributed by atoms with van der Waals surface area (Å²) < 4.78 is 4.90. The van der Waals surface area contributed by atoms with Crippen molar-refractivity contribution in [2.75, 3.05) is 0 Å². The van der Waals surface area contributed by atoms with Gasteiger partial charge in [0.2, 0.25) is 0 Å². The summed E-state index contributed by atoms with van der Waals surface area (Å²) in [4.78, 5) is 0. The number of fused-ring (bicyclic) bond motifs is 7. The van der Waals surface area contributed by atoms with E-state index in [0.717, 1.165) is 5.69 Å². The molecular weight excluding hydrogens is 605 g/mol. The van der Waals surface area contributed by atoms with Crippen LogP contribution in [-0.4, -0.2) is 9.13 Å². The van der Waals surface area contributed by atoms with Gasteiger partial charge in [-0.3, -0.25) is 0 Å². The molecule has 0 bridgehead atoms. The number of rotatable bonds is 5. The Hall–Kier alpha value is -6.64. The van der Waals surface area contributed by atoms with Crippen LogP contribution in [0, 0.1) is 0 Å². The Labute approximate surface area is 290 Å². The van der Waals surface area contributed by atoms with Crippen molar-refractivity contribution in [3.05, 3.63) is 194 Å². The van der Waals surface area contributed by atoms with Gasteiger partial charge in [0.15, 0.2) is 0 Å². The number of benzene rings is 8. The molecule has 0 radical (unpaired) electrons. The lowest BCUT2D eigenvalue weighted by atomic mass is 10.00. The van der Waals surface area contributed by atoms with Crippen LogP contribution in [0.4, 0.5) is 0 Å². The van der Waals surface area contributed by atoms with Gasteiger partial charge in [0, 0.05) is 32.8 Å². The van der Waals surface area contributed by atoms with Crippen LogP contribution < -0.4 is 0 Å². The highest BCUT2D eigenvalue weighted by atomic mass is 15.0. The minimum absolute atomic E-state index is 1.15. The van der Waals surface area contributed by atoms with E-state index in [2.05, 4.69) is 203 Å². The summed E-state index contributed by atoms with van der Waals surface area (Å²) in [5.74, 6) is 0. The number of para-hydroxylation sites is 3. The van der Waals surface area contributed by atoms with Crippen molar-refractivity contribution in [1.82, 2.24) is 9.13 Å². The summed E-state index contributed by atoms with van der Waals surface area (Å²) in [7, 11) is 0. The fourth-order valence-corrected chi connectivity index (χ4v) is 7.90. The standard InChI is InChI=1S/C48H32N2/c1-3-14-33(15-4-1)34-26-28-35(29-27-34)37-18-13-19-38(32-37)49-43-24-11-8-21-40(43)47-45(49)30-31-46-48(47)41-22-9-12-25-44(41)50(46)42-23-10-7-20-39(42)36-16-5-2-6-17-36/h1-32H. The first kappa shape index (κ1) is 28.4. The molecule has 2 aromatic heterocycles. The highest BCUT2D eigenvalue weighted by Gasteiger charge is 2.21. The Morgan fingerprint density at radius 3 is 1.44 bits per heavy atom. The Morgan fingerprint density at radius 1 is 0.280 bits per heavy atom. The molecule has 0 unspecified atom stereocenters. The van der Waals surface area contributed by atoms with Crippen molar-refractivity contribution in [2.45, 2.75) is 0 Å². The van der Waals surface area contributed by atoms with Gasteiger partial charge in [0.1, 0.15) is 0 Å². The van der Waals surface area contributed by atoms with Crippen molar-refractivity contribution < 1.29 is 0 Å². The normalized spacial score (nSPS) is 11.6. The van der Waals surface area contributed by atoms with Crippen molar-refractivity contribution in [1.29, 1.82) is 0 Å². The lowest BCUT2D eigenvalue weighted by Crippen LogP contribution is -1.97. The van der Waals surface area contributed by atoms with Crippen LogP contribution >= 0.6 is 0 Å². The summed E-state index contributed by atoms with van der Waals surface area (Å²) in [5, 5.41) is 5.07. The van der Waals surface area contributed by atoms with Gasteiger partial charge in [-0.2, -0.15) is 0 Å². The number of aromatic nitrogens is 2. The molecule has 0 aliphatic carbocycles. The van der Waals surface area contributed by atoms with Crippen LogP contribution in [0.25, 0.3) is 88.4 Å². The van der Waals surface area contributed by atoms with E-state index in [1.54, 1.807) is 0 Å². The maximum Gasteiger partial charge on any atom is 0.0549 e. The Bertz CT molecular complexity index is 2840. The van der Waals surface area contributed by atoms with E-state index in [-0.39, 0.29) is 0 Å². The van der Waals surface area contributed by atoms with Gasteiger partial charge in [-0.1, -0.05) is 152 Å². The molecule has 0 N–H and O–H groups in total. The lowest BCUT2D eigenvalue weighted by Gasteiger charge is -2.14. The Kier molecular flexibility index (Phi) is 6.53. The summed E-state index contributed by atoms with van der Waals surface area (Å²) in [6, 6.07) is 70.3. The molecule has 0 saturated heterocycles. The van der Waals surface area contributed by atoms with Gasteiger partial charge in [0.25, 0.3) is 0 Å². The van der Waals surface area contributed by atoms with E-state index in [1.165, 1.54) is 82.7 Å². The average Bonchev–Trinajstić information content (AvgIpc) is 3.71. The first-order valence-electron chi connectivity index (χ1n) is 17.2. The van der Waals surface area contributed by atoms with Crippen molar-refractivity contribution >= 4 is 43.6 Å². The SMILES string of the molecule is c1ccc(-c2ccc(-c3cccc(-n4c5ccccc5c5c6c7ccccc7n(-c7ccccc7-c7ccccc7)c6ccc54)c3)cc2)cc1. The maximum atomic E-state index is 2.46. The van der Waals surface area contributed by atoms with Gasteiger partial charge >= 0.3 is 0 Å². The maximum absolute atomic E-state index is 2.46. The number of nitrogens with zero attached hydrogens (tertiary/aromatic N) is 2. The molecule has 0 spiro atoms. The van der Waals surface area contributed by atoms with Gasteiger partial charge in [-0.05, 0) is 70.3 Å². The van der Waals surface area contributed by atoms with Crippen LogP contribution in [-0.2, 0) is 0 Å². The first-order chi connectivity index (χ1) is 24.8. The molecule has 0 amide bonds. The van der Waals surface area contributed by atoms with Crippen molar-refractivity contribution in [3.63, 3.8) is 0 Å². The fourth-order valence-electron chi connectivity index (χ4n) is 7.90. The Morgan fingerprint density at radius 2 is 0.760 bits per heavy atom. The van der Waals surface area contributed by atoms with E-state index in [9.17, 15) is 0 Å². The quantitative estimate of drug-likeness (QED) is 0.178. The fraction of sp³-hybridized carbons (Fsp3) is 0. The molecule has 0 atom stereocenters. The van der Waals surface area contributed by atoms with Crippen molar-refractivity contribution in [3.8, 4) is 44.8 Å². The molecule has 2 heteroatoms. The summed E-state index contributed by atoms with van der Waals surface area (Å²) in [6.07, 6.45) is 0. The molecule has 2 heterocycles. The second-order valence-corrected chi connectivity index (χ2v) is 12.9. The van der Waals surface area contributed by atoms with Gasteiger partial charge in [-0.15, -0.1) is 0 Å². The van der Waals surface area contributed by atoms with Crippen LogP contribution in [0.15, 0.2) is 194 Å². The Balaban J connectivity index is 1.20. The number of hydrogen-bond acceptors (Lipinski definition) is 0. The highest BCUT2D eigenvalue weighted by Crippen LogP contribution is 2.43. The van der Waals surface area contributed by atoms with E-state index in [0.29, 0.717) is 0 Å². The van der Waals surface area contributed by atoms with Crippen LogP contribution in [0.2, 0.25) is 0 Å². The molecule has 50 heavy (non-hydrogen) atoms. The van der Waals surface area contributed by atoms with E-state index >= 15 is 0 Å². The third-order valence-corrected chi connectivity index (χ3v) is 10.1. The minimum Gasteiger partial charge on any atom is -0.309 e. The molecule has 234 valence electrons. The van der Waals surface area contributed by atoms with Crippen LogP contribution in [0.3, 0.4) is 0 Å². The smallest absolute Gasteiger partial charge is 0.0549 e. The van der Waals surface area contributed by atoms with Gasteiger partial charge < -0.3 is 9.13 Å². The molecule has 0 aliphatic rings. The predicted molar refractivity (Wildman–Crippen MR) is 211 cm³/mol. The van der Waals surface area contributed by atoms with E-state index in [1.807, 2.05) is 0 Å². The van der Waals surface area contributed by atoms with E-state index in [4.69, 9.17) is 0 Å². The third-order valence-electron chi connectivity index (χ3n) is 10.1. The minimum atomic E-state index is 1.15. The van der Waals surface area contributed by atoms with Crippen LogP contribution in [0.5, 0.6) is 0 Å². The topological polar surface area (TPSA) is 9.86 Å². The third kappa shape index (κ3) is 4.43. The zero-order chi connectivity index (χ0) is 33.0. The molecule has 0 saturated carbocycles. The molecule has 0 fully saturated rings. The molecule has 10 aromatic rings. The average molecular weight is 637 g/mol. The van der Waals surface area contributed by atoms with E-state index < -0.39 is 0 Å². The monoisotopic (exact) mass is 636 g/mol. The van der Waals surface area contributed by atoms with Crippen molar-refractivity contribution in [2.24, 2.45) is 0 Å². The zero-order valence-electron chi connectivity index (χ0n) is 27.4. The zero-order valence-corrected chi connectivity index (χ0v) is 27.4. The first-order valence-corrected chi connectivity index (χ1v) is 17.2. The second-order valence-electron chi connectivity index (χ2n) is 12.9. The summed E-state index contributed by atoms with van der Waals surface area (Å²) >= 11 is 0. The summed E-state index contributed by atoms with van der Waals surface area (Å²) in [5.41, 5.74) is 14.4. The largest absolute Gasteiger partial charge is 0.309 e. The molecule has 0 aliphatic heterocycles. The lowest BCUT2D eigenvalue weighted by molar-refractivity contribution is 1.17. The second kappa shape index (κ2) is 11.5. The highest BCUT2D eigenvalue weighted by molar-refractivity contribution is 6.29. The van der Waals surface area contributed by atoms with Crippen LogP contribution in [0.1, 0.15) is 0 Å². The molecular formula is C48H32N2. The number of hydrogen-bond donors (Lipinski definition) is 0.